The summed E-state index contributed by atoms with van der Waals surface area (Å²) in [6, 6.07) is 66.6. The molecule has 0 bridgehead atoms. The molecule has 0 fully saturated rings. The zero-order valence-corrected chi connectivity index (χ0v) is 30.2. The first-order chi connectivity index (χ1) is 27.2. The Balaban J connectivity index is 1.17. The molecule has 0 N–H and O–H groups in total. The van der Waals surface area contributed by atoms with E-state index in [9.17, 15) is 0 Å². The number of para-hydroxylation sites is 2. The minimum absolute atomic E-state index is 0.952. The van der Waals surface area contributed by atoms with Crippen LogP contribution in [0.3, 0.4) is 0 Å². The van der Waals surface area contributed by atoms with Crippen LogP contribution in [0.15, 0.2) is 182 Å². The first-order valence-corrected chi connectivity index (χ1v) is 19.0. The van der Waals surface area contributed by atoms with Gasteiger partial charge in [-0.05, 0) is 101 Å². The molecule has 0 atom stereocenters. The molecule has 2 heterocycles. The second-order valence-corrected chi connectivity index (χ2v) is 14.7. The molecule has 256 valence electrons. The van der Waals surface area contributed by atoms with Crippen molar-refractivity contribution in [2.45, 2.75) is 0 Å². The van der Waals surface area contributed by atoms with Crippen molar-refractivity contribution in [1.82, 2.24) is 9.55 Å². The van der Waals surface area contributed by atoms with Gasteiger partial charge in [0.05, 0.1) is 28.1 Å². The topological polar surface area (TPSA) is 21.1 Å². The van der Waals surface area contributed by atoms with Gasteiger partial charge in [-0.15, -0.1) is 0 Å². The maximum atomic E-state index is 5.32. The van der Waals surface area contributed by atoms with E-state index in [0.717, 1.165) is 33.8 Å². The summed E-state index contributed by atoms with van der Waals surface area (Å²) in [5.41, 5.74) is 11.6. The molecule has 0 saturated heterocycles. The highest BCUT2D eigenvalue weighted by Gasteiger charge is 2.30. The average molecular weight is 700 g/mol. The Hall–Kier alpha value is -7.23. The summed E-state index contributed by atoms with van der Waals surface area (Å²) < 4.78 is 2.40. The standard InChI is InChI=1S/C52H33N3/c1-54-46-26-13-25-45-51(46)55(52(53-45)35-29-28-32-14-2-3-15-33(32)30-35)47-27-12-24-43(50(47)54)48-39-20-8-10-22-41(39)49(42-23-11-9-21-40(42)48)44-31-34-16-4-5-17-36(34)37-18-6-7-19-38(37)44/h2-31H,1H3. The largest absolute Gasteiger partial charge is 0.341 e. The van der Waals surface area contributed by atoms with E-state index in [4.69, 9.17) is 4.98 Å². The van der Waals surface area contributed by atoms with Crippen molar-refractivity contribution in [2.24, 2.45) is 0 Å². The van der Waals surface area contributed by atoms with E-state index in [1.54, 1.807) is 0 Å². The van der Waals surface area contributed by atoms with Crippen LogP contribution in [0.25, 0.3) is 104 Å². The minimum Gasteiger partial charge on any atom is -0.341 e. The normalized spacial score (nSPS) is 12.4. The molecule has 0 aliphatic carbocycles. The van der Waals surface area contributed by atoms with Crippen LogP contribution in [-0.2, 0) is 0 Å². The number of hydrogen-bond donors (Lipinski definition) is 0. The third kappa shape index (κ3) is 4.24. The summed E-state index contributed by atoms with van der Waals surface area (Å²) in [4.78, 5) is 7.71. The Kier molecular flexibility index (Phi) is 6.26. The summed E-state index contributed by atoms with van der Waals surface area (Å²) in [7, 11) is 2.21. The van der Waals surface area contributed by atoms with Gasteiger partial charge < -0.3 is 4.90 Å². The first-order valence-electron chi connectivity index (χ1n) is 19.0. The van der Waals surface area contributed by atoms with Crippen LogP contribution in [0.4, 0.5) is 11.4 Å². The maximum absolute atomic E-state index is 5.32. The molecule has 0 unspecified atom stereocenters. The molecule has 0 radical (unpaired) electrons. The molecule has 1 aromatic heterocycles. The highest BCUT2D eigenvalue weighted by molar-refractivity contribution is 6.26. The predicted molar refractivity (Wildman–Crippen MR) is 233 cm³/mol. The van der Waals surface area contributed by atoms with Gasteiger partial charge in [0.25, 0.3) is 0 Å². The van der Waals surface area contributed by atoms with Gasteiger partial charge in [-0.2, -0.15) is 0 Å². The van der Waals surface area contributed by atoms with Gasteiger partial charge in [0.2, 0.25) is 0 Å². The third-order valence-electron chi connectivity index (χ3n) is 11.9. The molecule has 11 aromatic rings. The fourth-order valence-electron chi connectivity index (χ4n) is 9.49. The number of hydrogen-bond acceptors (Lipinski definition) is 2. The van der Waals surface area contributed by atoms with Gasteiger partial charge in [-0.1, -0.05) is 152 Å². The van der Waals surface area contributed by atoms with Crippen molar-refractivity contribution in [3.63, 3.8) is 0 Å². The number of aromatic nitrogens is 2. The number of rotatable bonds is 3. The number of fused-ring (bicyclic) bond motifs is 8. The number of imidazole rings is 1. The molecule has 0 amide bonds. The fraction of sp³-hybridized carbons (Fsp3) is 0.0192. The van der Waals surface area contributed by atoms with E-state index >= 15 is 0 Å². The number of benzene rings is 10. The average Bonchev–Trinajstić information content (AvgIpc) is 3.64. The molecule has 0 spiro atoms. The van der Waals surface area contributed by atoms with Crippen LogP contribution in [-0.4, -0.2) is 16.6 Å². The molecule has 12 rings (SSSR count). The Morgan fingerprint density at radius 3 is 1.69 bits per heavy atom. The van der Waals surface area contributed by atoms with E-state index in [0.29, 0.717) is 0 Å². The van der Waals surface area contributed by atoms with Crippen molar-refractivity contribution in [2.75, 3.05) is 11.9 Å². The van der Waals surface area contributed by atoms with Crippen LogP contribution in [0, 0.1) is 0 Å². The molecular weight excluding hydrogens is 667 g/mol. The highest BCUT2D eigenvalue weighted by atomic mass is 15.2. The van der Waals surface area contributed by atoms with Crippen LogP contribution in [0.5, 0.6) is 0 Å². The highest BCUT2D eigenvalue weighted by Crippen LogP contribution is 2.52. The monoisotopic (exact) mass is 699 g/mol. The van der Waals surface area contributed by atoms with Crippen molar-refractivity contribution in [3.8, 4) is 39.3 Å². The molecule has 0 saturated carbocycles. The summed E-state index contributed by atoms with van der Waals surface area (Å²) in [6.07, 6.45) is 0. The Bertz CT molecular complexity index is 3350. The van der Waals surface area contributed by atoms with E-state index in [1.807, 2.05) is 0 Å². The molecule has 1 aliphatic rings. The van der Waals surface area contributed by atoms with E-state index < -0.39 is 0 Å². The van der Waals surface area contributed by atoms with Crippen LogP contribution >= 0.6 is 0 Å². The second kappa shape index (κ2) is 11.4. The number of anilines is 2. The second-order valence-electron chi connectivity index (χ2n) is 14.7. The van der Waals surface area contributed by atoms with E-state index in [-0.39, 0.29) is 0 Å². The van der Waals surface area contributed by atoms with E-state index in [2.05, 4.69) is 199 Å². The van der Waals surface area contributed by atoms with Gasteiger partial charge in [0, 0.05) is 18.2 Å². The van der Waals surface area contributed by atoms with Crippen molar-refractivity contribution < 1.29 is 0 Å². The Labute approximate surface area is 318 Å². The van der Waals surface area contributed by atoms with Crippen molar-refractivity contribution >= 4 is 76.3 Å². The lowest BCUT2D eigenvalue weighted by molar-refractivity contribution is 1.05. The van der Waals surface area contributed by atoms with Gasteiger partial charge >= 0.3 is 0 Å². The molecular formula is C52H33N3. The van der Waals surface area contributed by atoms with Gasteiger partial charge in [0.1, 0.15) is 5.82 Å². The van der Waals surface area contributed by atoms with Crippen LogP contribution in [0.2, 0.25) is 0 Å². The molecule has 55 heavy (non-hydrogen) atoms. The van der Waals surface area contributed by atoms with Gasteiger partial charge in [0.15, 0.2) is 0 Å². The lowest BCUT2D eigenvalue weighted by atomic mass is 9.83. The summed E-state index contributed by atoms with van der Waals surface area (Å²) in [5.74, 6) is 0.952. The van der Waals surface area contributed by atoms with Crippen molar-refractivity contribution in [3.05, 3.63) is 182 Å². The zero-order valence-electron chi connectivity index (χ0n) is 30.2. The maximum Gasteiger partial charge on any atom is 0.145 e. The molecule has 10 aromatic carbocycles. The number of nitrogens with zero attached hydrogens (tertiary/aromatic N) is 3. The van der Waals surface area contributed by atoms with Crippen molar-refractivity contribution in [1.29, 1.82) is 0 Å². The van der Waals surface area contributed by atoms with Gasteiger partial charge in [-0.3, -0.25) is 4.57 Å². The smallest absolute Gasteiger partial charge is 0.145 e. The quantitative estimate of drug-likeness (QED) is 0.135. The van der Waals surface area contributed by atoms with Gasteiger partial charge in [-0.25, -0.2) is 4.98 Å². The Morgan fingerprint density at radius 1 is 0.400 bits per heavy atom. The lowest BCUT2D eigenvalue weighted by Crippen LogP contribution is -2.19. The zero-order chi connectivity index (χ0) is 36.2. The van der Waals surface area contributed by atoms with Crippen LogP contribution < -0.4 is 4.90 Å². The minimum atomic E-state index is 0.952. The fourth-order valence-corrected chi connectivity index (χ4v) is 9.49. The third-order valence-corrected chi connectivity index (χ3v) is 11.9. The summed E-state index contributed by atoms with van der Waals surface area (Å²) in [6.45, 7) is 0. The first kappa shape index (κ1) is 30.3. The van der Waals surface area contributed by atoms with E-state index in [1.165, 1.54) is 81.8 Å². The van der Waals surface area contributed by atoms with Crippen LogP contribution in [0.1, 0.15) is 0 Å². The Morgan fingerprint density at radius 2 is 0.964 bits per heavy atom. The molecule has 3 heteroatoms. The SMILES string of the molecule is CN1c2c(-c3c4ccccc4c(-c4cc5ccccc5c5ccccc45)c4ccccc34)cccc2-n2c(-c3ccc4ccccc4c3)nc3cccc1c32. The summed E-state index contributed by atoms with van der Waals surface area (Å²) >= 11 is 0. The molecule has 3 nitrogen and oxygen atoms in total. The predicted octanol–water partition coefficient (Wildman–Crippen LogP) is 13.9. The molecule has 1 aliphatic heterocycles. The summed E-state index contributed by atoms with van der Waals surface area (Å²) in [5, 5.41) is 12.5. The lowest BCUT2D eigenvalue weighted by Gasteiger charge is -2.32.